The Hall–Kier alpha value is -1.14. The first-order chi connectivity index (χ1) is 9.20. The van der Waals surface area contributed by atoms with Crippen molar-refractivity contribution in [1.29, 1.82) is 0 Å². The third kappa shape index (κ3) is 3.91. The Kier molecular flexibility index (Phi) is 5.15. The first-order valence-electron chi connectivity index (χ1n) is 7.13. The van der Waals surface area contributed by atoms with E-state index in [2.05, 4.69) is 15.5 Å². The second-order valence-corrected chi connectivity index (χ2v) is 5.30. The molecule has 2 fully saturated rings. The monoisotopic (exact) mass is 268 g/mol. The van der Waals surface area contributed by atoms with Gasteiger partial charge in [0.2, 0.25) is 11.8 Å². The van der Waals surface area contributed by atoms with E-state index in [-0.39, 0.29) is 17.7 Å². The number of carbonyl (C=O) groups excluding carboxylic acids is 2. The molecule has 0 atom stereocenters. The molecule has 2 aliphatic heterocycles. The van der Waals surface area contributed by atoms with Gasteiger partial charge in [-0.25, -0.2) is 0 Å². The van der Waals surface area contributed by atoms with Gasteiger partial charge in [0.05, 0.1) is 6.54 Å². The third-order valence-corrected chi connectivity index (χ3v) is 4.03. The number of nitrogens with zero attached hydrogens (tertiary/aromatic N) is 2. The average Bonchev–Trinajstić information content (AvgIpc) is 2.48. The zero-order chi connectivity index (χ0) is 13.7. The second kappa shape index (κ2) is 6.86. The fraction of sp³-hybridized carbons (Fsp3) is 0.846. The molecule has 6 nitrogen and oxygen atoms in total. The number of nitrogens with one attached hydrogen (secondary N) is 2. The van der Waals surface area contributed by atoms with Gasteiger partial charge in [-0.3, -0.25) is 14.5 Å². The van der Waals surface area contributed by atoms with Gasteiger partial charge >= 0.3 is 0 Å². The minimum Gasteiger partial charge on any atom is -0.359 e. The van der Waals surface area contributed by atoms with Crippen molar-refractivity contribution in [2.75, 3.05) is 52.9 Å². The van der Waals surface area contributed by atoms with Crippen LogP contribution in [0.2, 0.25) is 0 Å². The smallest absolute Gasteiger partial charge is 0.236 e. The van der Waals surface area contributed by atoms with Crippen LogP contribution < -0.4 is 10.6 Å². The van der Waals surface area contributed by atoms with Crippen LogP contribution >= 0.6 is 0 Å². The molecule has 0 radical (unpaired) electrons. The van der Waals surface area contributed by atoms with Crippen LogP contribution in [-0.4, -0.2) is 74.5 Å². The molecule has 2 aliphatic rings. The van der Waals surface area contributed by atoms with Gasteiger partial charge in [0.1, 0.15) is 0 Å². The number of hydrogen-bond donors (Lipinski definition) is 2. The van der Waals surface area contributed by atoms with Gasteiger partial charge in [0, 0.05) is 39.1 Å². The Labute approximate surface area is 114 Å². The summed E-state index contributed by atoms with van der Waals surface area (Å²) >= 11 is 0. The van der Waals surface area contributed by atoms with Crippen molar-refractivity contribution in [3.05, 3.63) is 0 Å². The lowest BCUT2D eigenvalue weighted by atomic mass is 9.96. The summed E-state index contributed by atoms with van der Waals surface area (Å²) in [5, 5.41) is 5.95. The van der Waals surface area contributed by atoms with Crippen molar-refractivity contribution in [3.8, 4) is 0 Å². The van der Waals surface area contributed by atoms with Gasteiger partial charge in [-0.15, -0.1) is 0 Å². The Morgan fingerprint density at radius 1 is 1.16 bits per heavy atom. The standard InChI is InChI=1S/C13H24N4O2/c1-14-13(19)11-2-6-16(7-3-11)10-12(18)17-8-4-15-5-9-17/h11,15H,2-10H2,1H3,(H,14,19). The molecule has 19 heavy (non-hydrogen) atoms. The van der Waals surface area contributed by atoms with E-state index >= 15 is 0 Å². The Balaban J connectivity index is 1.72. The highest BCUT2D eigenvalue weighted by Crippen LogP contribution is 2.17. The number of likely N-dealkylation sites (tertiary alicyclic amines) is 1. The summed E-state index contributed by atoms with van der Waals surface area (Å²) in [5.41, 5.74) is 0. The molecule has 6 heteroatoms. The average molecular weight is 268 g/mol. The Morgan fingerprint density at radius 2 is 1.79 bits per heavy atom. The van der Waals surface area contributed by atoms with E-state index < -0.39 is 0 Å². The van der Waals surface area contributed by atoms with Crippen molar-refractivity contribution < 1.29 is 9.59 Å². The van der Waals surface area contributed by atoms with E-state index in [1.54, 1.807) is 7.05 Å². The molecule has 0 aliphatic carbocycles. The fourth-order valence-electron chi connectivity index (χ4n) is 2.76. The molecule has 0 bridgehead atoms. The summed E-state index contributed by atoms with van der Waals surface area (Å²) in [5.74, 6) is 0.475. The van der Waals surface area contributed by atoms with E-state index in [0.29, 0.717) is 6.54 Å². The number of carbonyl (C=O) groups is 2. The molecule has 0 spiro atoms. The first kappa shape index (κ1) is 14.3. The van der Waals surface area contributed by atoms with Crippen LogP contribution in [0.3, 0.4) is 0 Å². The SMILES string of the molecule is CNC(=O)C1CCN(CC(=O)N2CCNCC2)CC1. The fourth-order valence-corrected chi connectivity index (χ4v) is 2.76. The molecule has 2 heterocycles. The molecular weight excluding hydrogens is 244 g/mol. The molecule has 2 rings (SSSR count). The second-order valence-electron chi connectivity index (χ2n) is 5.30. The molecular formula is C13H24N4O2. The van der Waals surface area contributed by atoms with Gasteiger partial charge in [-0.2, -0.15) is 0 Å². The Bertz CT molecular complexity index is 321. The molecule has 2 N–H and O–H groups in total. The number of amides is 2. The highest BCUT2D eigenvalue weighted by atomic mass is 16.2. The summed E-state index contributed by atoms with van der Waals surface area (Å²) in [7, 11) is 1.68. The third-order valence-electron chi connectivity index (χ3n) is 4.03. The minimum atomic E-state index is 0.121. The van der Waals surface area contributed by atoms with Gasteiger partial charge in [0.15, 0.2) is 0 Å². The number of piperazine rings is 1. The molecule has 2 amide bonds. The molecule has 0 saturated carbocycles. The molecule has 0 aromatic heterocycles. The first-order valence-corrected chi connectivity index (χ1v) is 7.13. The van der Waals surface area contributed by atoms with Crippen molar-refractivity contribution >= 4 is 11.8 Å². The van der Waals surface area contributed by atoms with Crippen molar-refractivity contribution in [2.45, 2.75) is 12.8 Å². The zero-order valence-electron chi connectivity index (χ0n) is 11.7. The van der Waals surface area contributed by atoms with Gasteiger partial charge in [-0.1, -0.05) is 0 Å². The predicted molar refractivity (Wildman–Crippen MR) is 72.7 cm³/mol. The van der Waals surface area contributed by atoms with Crippen molar-refractivity contribution in [2.24, 2.45) is 5.92 Å². The van der Waals surface area contributed by atoms with E-state index in [0.717, 1.165) is 52.1 Å². The molecule has 0 unspecified atom stereocenters. The van der Waals surface area contributed by atoms with Crippen molar-refractivity contribution in [3.63, 3.8) is 0 Å². The summed E-state index contributed by atoms with van der Waals surface area (Å²) in [4.78, 5) is 27.7. The molecule has 2 saturated heterocycles. The zero-order valence-corrected chi connectivity index (χ0v) is 11.7. The lowest BCUT2D eigenvalue weighted by molar-refractivity contribution is -0.133. The van der Waals surface area contributed by atoms with Crippen LogP contribution in [0.4, 0.5) is 0 Å². The lowest BCUT2D eigenvalue weighted by Gasteiger charge is -2.33. The van der Waals surface area contributed by atoms with E-state index in [1.165, 1.54) is 0 Å². The molecule has 0 aromatic carbocycles. The van der Waals surface area contributed by atoms with E-state index in [9.17, 15) is 9.59 Å². The highest BCUT2D eigenvalue weighted by molar-refractivity contribution is 5.79. The summed E-state index contributed by atoms with van der Waals surface area (Å²) < 4.78 is 0. The largest absolute Gasteiger partial charge is 0.359 e. The number of piperidine rings is 1. The molecule has 108 valence electrons. The van der Waals surface area contributed by atoms with Crippen LogP contribution in [0.1, 0.15) is 12.8 Å². The topological polar surface area (TPSA) is 64.7 Å². The maximum Gasteiger partial charge on any atom is 0.236 e. The van der Waals surface area contributed by atoms with Gasteiger partial charge < -0.3 is 15.5 Å². The van der Waals surface area contributed by atoms with Crippen LogP contribution in [0.15, 0.2) is 0 Å². The summed E-state index contributed by atoms with van der Waals surface area (Å²) in [6, 6.07) is 0. The minimum absolute atomic E-state index is 0.121. The van der Waals surface area contributed by atoms with Crippen LogP contribution in [0.25, 0.3) is 0 Å². The van der Waals surface area contributed by atoms with Crippen LogP contribution in [0, 0.1) is 5.92 Å². The quantitative estimate of drug-likeness (QED) is 0.680. The normalized spacial score (nSPS) is 22.3. The van der Waals surface area contributed by atoms with Gasteiger partial charge in [-0.05, 0) is 25.9 Å². The van der Waals surface area contributed by atoms with E-state index in [4.69, 9.17) is 0 Å². The van der Waals surface area contributed by atoms with Crippen LogP contribution in [0.5, 0.6) is 0 Å². The van der Waals surface area contributed by atoms with Gasteiger partial charge in [0.25, 0.3) is 0 Å². The number of rotatable bonds is 3. The summed E-state index contributed by atoms with van der Waals surface area (Å²) in [6.45, 7) is 5.60. The summed E-state index contributed by atoms with van der Waals surface area (Å²) in [6.07, 6.45) is 1.71. The molecule has 0 aromatic rings. The predicted octanol–water partition coefficient (Wildman–Crippen LogP) is -1.12. The maximum atomic E-state index is 12.1. The van der Waals surface area contributed by atoms with E-state index in [1.807, 2.05) is 4.90 Å². The van der Waals surface area contributed by atoms with Crippen LogP contribution in [-0.2, 0) is 9.59 Å². The number of hydrogen-bond acceptors (Lipinski definition) is 4. The lowest BCUT2D eigenvalue weighted by Crippen LogP contribution is -2.50. The Morgan fingerprint density at radius 3 is 2.37 bits per heavy atom. The van der Waals surface area contributed by atoms with Crippen molar-refractivity contribution in [1.82, 2.24) is 20.4 Å². The highest BCUT2D eigenvalue weighted by Gasteiger charge is 2.26. The maximum absolute atomic E-state index is 12.1.